The molecular weight excluding hydrogens is 370 g/mol. The summed E-state index contributed by atoms with van der Waals surface area (Å²) >= 11 is 0. The summed E-state index contributed by atoms with van der Waals surface area (Å²) in [5.74, 6) is -0.443. The van der Waals surface area contributed by atoms with E-state index >= 15 is 0 Å². The van der Waals surface area contributed by atoms with Crippen molar-refractivity contribution in [3.63, 3.8) is 0 Å². The van der Waals surface area contributed by atoms with Crippen LogP contribution in [0.5, 0.6) is 5.75 Å². The van der Waals surface area contributed by atoms with Crippen LogP contribution in [0.1, 0.15) is 31.2 Å². The Morgan fingerprint density at radius 1 is 1.14 bits per heavy atom. The van der Waals surface area contributed by atoms with E-state index in [0.29, 0.717) is 25.1 Å². The second kappa shape index (κ2) is 10.1. The Hall–Kier alpha value is -2.83. The predicted molar refractivity (Wildman–Crippen MR) is 110 cm³/mol. The van der Waals surface area contributed by atoms with Crippen molar-refractivity contribution in [1.82, 2.24) is 0 Å². The monoisotopic (exact) mass is 397 g/mol. The number of aromatic hydroxyl groups is 1. The van der Waals surface area contributed by atoms with Gasteiger partial charge in [-0.05, 0) is 43.5 Å². The van der Waals surface area contributed by atoms with Gasteiger partial charge in [-0.1, -0.05) is 42.5 Å². The van der Waals surface area contributed by atoms with Gasteiger partial charge in [0.15, 0.2) is 5.76 Å². The average Bonchev–Trinajstić information content (AvgIpc) is 2.74. The number of aliphatic hydroxyl groups excluding tert-OH is 1. The Kier molecular flexibility index (Phi) is 7.27. The van der Waals surface area contributed by atoms with Crippen molar-refractivity contribution in [2.75, 3.05) is 18.5 Å². The highest BCUT2D eigenvalue weighted by atomic mass is 16.7. The third kappa shape index (κ3) is 5.16. The van der Waals surface area contributed by atoms with Gasteiger partial charge in [0.2, 0.25) is 6.29 Å². The van der Waals surface area contributed by atoms with E-state index in [4.69, 9.17) is 9.47 Å². The number of benzene rings is 2. The molecule has 3 N–H and O–H groups in total. The predicted octanol–water partition coefficient (Wildman–Crippen LogP) is 3.78. The minimum Gasteiger partial charge on any atom is -0.506 e. The van der Waals surface area contributed by atoms with Crippen molar-refractivity contribution in [2.24, 2.45) is 5.92 Å². The maximum absolute atomic E-state index is 12.9. The van der Waals surface area contributed by atoms with Gasteiger partial charge in [0.05, 0.1) is 5.69 Å². The van der Waals surface area contributed by atoms with E-state index in [-0.39, 0.29) is 30.0 Å². The zero-order chi connectivity index (χ0) is 20.6. The number of aliphatic hydroxyl groups is 1. The van der Waals surface area contributed by atoms with Crippen molar-refractivity contribution < 1.29 is 24.5 Å². The van der Waals surface area contributed by atoms with Crippen LogP contribution in [-0.4, -0.2) is 35.6 Å². The van der Waals surface area contributed by atoms with Gasteiger partial charge in [-0.15, -0.1) is 0 Å². The van der Waals surface area contributed by atoms with E-state index in [1.807, 2.05) is 43.3 Å². The van der Waals surface area contributed by atoms with Crippen molar-refractivity contribution >= 4 is 11.6 Å². The highest BCUT2D eigenvalue weighted by molar-refractivity contribution is 6.03. The number of nitrogens with one attached hydrogen (secondary N) is 1. The molecule has 0 fully saturated rings. The Morgan fingerprint density at radius 2 is 1.86 bits per heavy atom. The lowest BCUT2D eigenvalue weighted by molar-refractivity contribution is -0.165. The molecule has 2 aromatic rings. The highest BCUT2D eigenvalue weighted by Crippen LogP contribution is 2.39. The first-order valence-electron chi connectivity index (χ1n) is 9.89. The molecule has 0 aliphatic carbocycles. The first-order chi connectivity index (χ1) is 14.1. The second-order valence-electron chi connectivity index (χ2n) is 6.91. The molecule has 0 saturated carbocycles. The number of allylic oxidation sites excluding steroid dienone is 1. The molecule has 6 heteroatoms. The first kappa shape index (κ1) is 20.9. The summed E-state index contributed by atoms with van der Waals surface area (Å²) in [6.07, 6.45) is 2.52. The number of rotatable bonds is 8. The molecule has 0 unspecified atom stereocenters. The van der Waals surface area contributed by atoms with Crippen LogP contribution in [0.3, 0.4) is 0 Å². The minimum absolute atomic E-state index is 0.0148. The molecule has 1 amide bonds. The number of para-hydroxylation sites is 2. The molecule has 1 aliphatic heterocycles. The zero-order valence-corrected chi connectivity index (χ0v) is 16.5. The summed E-state index contributed by atoms with van der Waals surface area (Å²) in [6, 6.07) is 16.4. The fourth-order valence-electron chi connectivity index (χ4n) is 3.58. The Morgan fingerprint density at radius 3 is 2.55 bits per heavy atom. The van der Waals surface area contributed by atoms with E-state index in [9.17, 15) is 15.0 Å². The van der Waals surface area contributed by atoms with Crippen LogP contribution >= 0.6 is 0 Å². The number of ether oxygens (including phenoxy) is 2. The van der Waals surface area contributed by atoms with Crippen molar-refractivity contribution in [2.45, 2.75) is 32.0 Å². The minimum atomic E-state index is -0.605. The second-order valence-corrected chi connectivity index (χ2v) is 6.91. The number of hydrogen-bond acceptors (Lipinski definition) is 5. The van der Waals surface area contributed by atoms with Crippen LogP contribution in [-0.2, 0) is 14.3 Å². The third-order valence-corrected chi connectivity index (χ3v) is 4.97. The summed E-state index contributed by atoms with van der Waals surface area (Å²) in [5.41, 5.74) is 1.37. The van der Waals surface area contributed by atoms with Crippen molar-refractivity contribution in [3.8, 4) is 5.75 Å². The molecule has 154 valence electrons. The lowest BCUT2D eigenvalue weighted by Gasteiger charge is -2.37. The number of carbonyl (C=O) groups is 1. The van der Waals surface area contributed by atoms with Gasteiger partial charge in [0.1, 0.15) is 5.75 Å². The molecule has 0 aromatic heterocycles. The molecule has 0 bridgehead atoms. The number of phenols is 1. The van der Waals surface area contributed by atoms with E-state index < -0.39 is 12.2 Å². The standard InChI is InChI=1S/C23H27NO5/c1-2-28-23-17(11-8-14-25)18(16-9-4-3-5-10-16)15-21(29-23)22(27)24-19-12-6-7-13-20(19)26/h3-7,9-10,12-13,15,17-18,23,25-26H,2,8,11,14H2,1H3,(H,24,27)/t17-,18+,23+/m0/s1. The number of carbonyl (C=O) groups excluding carboxylic acids is 1. The summed E-state index contributed by atoms with van der Waals surface area (Å²) in [4.78, 5) is 12.9. The van der Waals surface area contributed by atoms with E-state index in [1.165, 1.54) is 6.07 Å². The number of amides is 1. The van der Waals surface area contributed by atoms with Gasteiger partial charge in [-0.3, -0.25) is 4.79 Å². The highest BCUT2D eigenvalue weighted by Gasteiger charge is 2.37. The maximum Gasteiger partial charge on any atom is 0.290 e. The number of anilines is 1. The summed E-state index contributed by atoms with van der Waals surface area (Å²) in [6.45, 7) is 2.40. The molecule has 1 heterocycles. The summed E-state index contributed by atoms with van der Waals surface area (Å²) in [7, 11) is 0. The van der Waals surface area contributed by atoms with Gasteiger partial charge in [0, 0.05) is 25.0 Å². The zero-order valence-electron chi connectivity index (χ0n) is 16.5. The lowest BCUT2D eigenvalue weighted by atomic mass is 9.80. The molecule has 0 spiro atoms. The average molecular weight is 397 g/mol. The molecule has 3 atom stereocenters. The van der Waals surface area contributed by atoms with Crippen molar-refractivity contribution in [1.29, 1.82) is 0 Å². The van der Waals surface area contributed by atoms with E-state index in [2.05, 4.69) is 5.32 Å². The maximum atomic E-state index is 12.9. The normalized spacial score (nSPS) is 21.2. The van der Waals surface area contributed by atoms with Gasteiger partial charge >= 0.3 is 0 Å². The molecule has 3 rings (SSSR count). The van der Waals surface area contributed by atoms with Crippen LogP contribution in [0.2, 0.25) is 0 Å². The quantitative estimate of drug-likeness (QED) is 0.590. The summed E-state index contributed by atoms with van der Waals surface area (Å²) in [5, 5.41) is 21.9. The first-order valence-corrected chi connectivity index (χ1v) is 9.89. The number of hydrogen-bond donors (Lipinski definition) is 3. The molecule has 6 nitrogen and oxygen atoms in total. The van der Waals surface area contributed by atoms with E-state index in [1.54, 1.807) is 18.2 Å². The third-order valence-electron chi connectivity index (χ3n) is 4.97. The van der Waals surface area contributed by atoms with Gasteiger partial charge in [-0.2, -0.15) is 0 Å². The Balaban J connectivity index is 1.92. The molecule has 0 radical (unpaired) electrons. The SMILES string of the molecule is CCO[C@@H]1OC(C(=O)Nc2ccccc2O)=C[C@H](c2ccccc2)[C@@H]1CCCO. The number of phenolic OH excluding ortho intramolecular Hbond substituents is 1. The Bertz CT molecular complexity index is 836. The summed E-state index contributed by atoms with van der Waals surface area (Å²) < 4.78 is 11.8. The largest absolute Gasteiger partial charge is 0.506 e. The van der Waals surface area contributed by atoms with Gasteiger partial charge in [-0.25, -0.2) is 0 Å². The van der Waals surface area contributed by atoms with Gasteiger partial charge in [0.25, 0.3) is 5.91 Å². The molecule has 1 aliphatic rings. The van der Waals surface area contributed by atoms with Crippen molar-refractivity contribution in [3.05, 3.63) is 72.0 Å². The van der Waals surface area contributed by atoms with Crippen LogP contribution in [0, 0.1) is 5.92 Å². The molecule has 2 aromatic carbocycles. The van der Waals surface area contributed by atoms with E-state index in [0.717, 1.165) is 5.56 Å². The van der Waals surface area contributed by atoms with Gasteiger partial charge < -0.3 is 25.0 Å². The smallest absolute Gasteiger partial charge is 0.290 e. The molecule has 0 saturated heterocycles. The lowest BCUT2D eigenvalue weighted by Crippen LogP contribution is -2.37. The Labute approximate surface area is 170 Å². The molecular formula is C23H27NO5. The molecule has 29 heavy (non-hydrogen) atoms. The topological polar surface area (TPSA) is 88.0 Å². The van der Waals surface area contributed by atoms with Crippen LogP contribution in [0.25, 0.3) is 0 Å². The van der Waals surface area contributed by atoms with Crippen LogP contribution in [0.15, 0.2) is 66.4 Å². The van der Waals surface area contributed by atoms with Crippen LogP contribution in [0.4, 0.5) is 5.69 Å². The van der Waals surface area contributed by atoms with Crippen LogP contribution < -0.4 is 5.32 Å². The fraction of sp³-hybridized carbons (Fsp3) is 0.348. The fourth-order valence-corrected chi connectivity index (χ4v) is 3.58.